The van der Waals surface area contributed by atoms with Gasteiger partial charge >= 0.3 is 0 Å². The topological polar surface area (TPSA) is 38.9 Å². The van der Waals surface area contributed by atoms with Crippen LogP contribution in [0.3, 0.4) is 0 Å². The minimum atomic E-state index is -0.0996. The van der Waals surface area contributed by atoms with Crippen molar-refractivity contribution in [2.75, 3.05) is 0 Å². The van der Waals surface area contributed by atoms with Crippen LogP contribution in [0.1, 0.15) is 36.9 Å². The van der Waals surface area contributed by atoms with Gasteiger partial charge in [-0.3, -0.25) is 0 Å². The first-order valence-electron chi connectivity index (χ1n) is 3.68. The molecule has 1 aromatic rings. The maximum atomic E-state index is 5.93. The summed E-state index contributed by atoms with van der Waals surface area (Å²) in [6, 6.07) is 0. The van der Waals surface area contributed by atoms with Crippen molar-refractivity contribution >= 4 is 11.6 Å². The number of aromatic nitrogens is 2. The highest BCUT2D eigenvalue weighted by Gasteiger charge is 2.12. The third-order valence-corrected chi connectivity index (χ3v) is 1.78. The fraction of sp³-hybridized carbons (Fsp3) is 0.714. The molecule has 0 radical (unpaired) electrons. The summed E-state index contributed by atoms with van der Waals surface area (Å²) in [7, 11) is 0. The van der Waals surface area contributed by atoms with Gasteiger partial charge in [-0.2, -0.15) is 4.98 Å². The molecule has 1 rings (SSSR count). The van der Waals surface area contributed by atoms with Crippen LogP contribution in [-0.4, -0.2) is 10.1 Å². The standard InChI is InChI=1S/C7H11ClN2O/c1-3-4-6(8)7-9-5(2)11-10-7/h6H,3-4H2,1-2H3. The summed E-state index contributed by atoms with van der Waals surface area (Å²) < 4.78 is 4.79. The molecule has 4 heteroatoms. The molecule has 62 valence electrons. The molecule has 0 aliphatic heterocycles. The van der Waals surface area contributed by atoms with E-state index in [1.54, 1.807) is 6.92 Å². The van der Waals surface area contributed by atoms with Crippen molar-refractivity contribution in [2.24, 2.45) is 0 Å². The van der Waals surface area contributed by atoms with Crippen molar-refractivity contribution in [3.8, 4) is 0 Å². The Kier molecular flexibility index (Phi) is 2.88. The number of hydrogen-bond donors (Lipinski definition) is 0. The van der Waals surface area contributed by atoms with Gasteiger partial charge in [0.05, 0.1) is 5.38 Å². The fourth-order valence-electron chi connectivity index (χ4n) is 0.825. The van der Waals surface area contributed by atoms with Gasteiger partial charge < -0.3 is 4.52 Å². The van der Waals surface area contributed by atoms with E-state index in [0.717, 1.165) is 12.8 Å². The molecule has 11 heavy (non-hydrogen) atoms. The van der Waals surface area contributed by atoms with Gasteiger partial charge in [-0.15, -0.1) is 11.6 Å². The smallest absolute Gasteiger partial charge is 0.223 e. The molecule has 1 aromatic heterocycles. The first kappa shape index (κ1) is 8.53. The van der Waals surface area contributed by atoms with E-state index in [1.807, 2.05) is 0 Å². The molecule has 0 saturated carbocycles. The van der Waals surface area contributed by atoms with E-state index in [1.165, 1.54) is 0 Å². The van der Waals surface area contributed by atoms with Crippen LogP contribution >= 0.6 is 11.6 Å². The van der Waals surface area contributed by atoms with Crippen molar-refractivity contribution in [2.45, 2.75) is 32.1 Å². The summed E-state index contributed by atoms with van der Waals surface area (Å²) in [5.41, 5.74) is 0. The lowest BCUT2D eigenvalue weighted by atomic mass is 10.2. The highest BCUT2D eigenvalue weighted by atomic mass is 35.5. The van der Waals surface area contributed by atoms with Crippen molar-refractivity contribution in [3.05, 3.63) is 11.7 Å². The summed E-state index contributed by atoms with van der Waals surface area (Å²) in [5.74, 6) is 1.17. The molecule has 0 aromatic carbocycles. The van der Waals surface area contributed by atoms with E-state index in [-0.39, 0.29) is 5.38 Å². The summed E-state index contributed by atoms with van der Waals surface area (Å²) in [5, 5.41) is 3.62. The maximum Gasteiger partial charge on any atom is 0.223 e. The highest BCUT2D eigenvalue weighted by Crippen LogP contribution is 2.22. The van der Waals surface area contributed by atoms with Crippen molar-refractivity contribution < 1.29 is 4.52 Å². The Labute approximate surface area is 70.7 Å². The molecule has 0 aliphatic rings. The fourth-order valence-corrected chi connectivity index (χ4v) is 1.13. The molecule has 1 atom stereocenters. The van der Waals surface area contributed by atoms with E-state index < -0.39 is 0 Å². The van der Waals surface area contributed by atoms with Crippen LogP contribution in [0.15, 0.2) is 4.52 Å². The monoisotopic (exact) mass is 174 g/mol. The zero-order chi connectivity index (χ0) is 8.27. The molecule has 1 heterocycles. The second-order valence-corrected chi connectivity index (χ2v) is 2.95. The number of rotatable bonds is 3. The predicted molar refractivity (Wildman–Crippen MR) is 42.5 cm³/mol. The number of alkyl halides is 1. The van der Waals surface area contributed by atoms with Gasteiger partial charge in [-0.25, -0.2) is 0 Å². The highest BCUT2D eigenvalue weighted by molar-refractivity contribution is 6.20. The summed E-state index contributed by atoms with van der Waals surface area (Å²) in [4.78, 5) is 4.02. The molecule has 0 saturated heterocycles. The van der Waals surface area contributed by atoms with Crippen LogP contribution in [0.4, 0.5) is 0 Å². The third kappa shape index (κ3) is 2.19. The Hall–Kier alpha value is -0.570. The molecule has 0 fully saturated rings. The van der Waals surface area contributed by atoms with Gasteiger partial charge in [-0.05, 0) is 6.42 Å². The molecule has 0 spiro atoms. The number of aryl methyl sites for hydroxylation is 1. The molecular formula is C7H11ClN2O. The van der Waals surface area contributed by atoms with E-state index in [9.17, 15) is 0 Å². The lowest BCUT2D eigenvalue weighted by Crippen LogP contribution is -1.92. The van der Waals surface area contributed by atoms with Gasteiger partial charge in [0, 0.05) is 6.92 Å². The maximum absolute atomic E-state index is 5.93. The zero-order valence-corrected chi connectivity index (χ0v) is 7.43. The minimum Gasteiger partial charge on any atom is -0.340 e. The first-order chi connectivity index (χ1) is 5.24. The van der Waals surface area contributed by atoms with Crippen LogP contribution in [0.5, 0.6) is 0 Å². The number of nitrogens with zero attached hydrogens (tertiary/aromatic N) is 2. The minimum absolute atomic E-state index is 0.0996. The first-order valence-corrected chi connectivity index (χ1v) is 4.12. The lowest BCUT2D eigenvalue weighted by Gasteiger charge is -1.99. The summed E-state index contributed by atoms with van der Waals surface area (Å²) >= 11 is 5.93. The van der Waals surface area contributed by atoms with Gasteiger partial charge in [0.25, 0.3) is 0 Å². The van der Waals surface area contributed by atoms with Gasteiger partial charge in [0.1, 0.15) is 0 Å². The van der Waals surface area contributed by atoms with Crippen molar-refractivity contribution in [1.82, 2.24) is 10.1 Å². The molecule has 0 amide bonds. The Morgan fingerprint density at radius 3 is 2.82 bits per heavy atom. The second-order valence-electron chi connectivity index (χ2n) is 2.43. The van der Waals surface area contributed by atoms with Crippen LogP contribution in [-0.2, 0) is 0 Å². The third-order valence-electron chi connectivity index (χ3n) is 1.37. The van der Waals surface area contributed by atoms with E-state index in [4.69, 9.17) is 16.1 Å². The van der Waals surface area contributed by atoms with E-state index in [2.05, 4.69) is 17.1 Å². The summed E-state index contributed by atoms with van der Waals surface area (Å²) in [6.45, 7) is 3.83. The van der Waals surface area contributed by atoms with E-state index in [0.29, 0.717) is 11.7 Å². The molecule has 1 unspecified atom stereocenters. The molecule has 0 N–H and O–H groups in total. The Morgan fingerprint density at radius 2 is 2.36 bits per heavy atom. The normalized spacial score (nSPS) is 13.4. The molecular weight excluding hydrogens is 164 g/mol. The SMILES string of the molecule is CCCC(Cl)c1noc(C)n1. The van der Waals surface area contributed by atoms with Crippen LogP contribution < -0.4 is 0 Å². The number of hydrogen-bond acceptors (Lipinski definition) is 3. The Balaban J connectivity index is 2.60. The molecule has 0 aliphatic carbocycles. The van der Waals surface area contributed by atoms with Gasteiger partial charge in [0.2, 0.25) is 5.89 Å². The van der Waals surface area contributed by atoms with Crippen LogP contribution in [0, 0.1) is 6.92 Å². The predicted octanol–water partition coefficient (Wildman–Crippen LogP) is 2.46. The van der Waals surface area contributed by atoms with E-state index >= 15 is 0 Å². The van der Waals surface area contributed by atoms with Crippen molar-refractivity contribution in [3.63, 3.8) is 0 Å². The quantitative estimate of drug-likeness (QED) is 0.661. The molecule has 0 bridgehead atoms. The number of halogens is 1. The summed E-state index contributed by atoms with van der Waals surface area (Å²) in [6.07, 6.45) is 1.92. The second kappa shape index (κ2) is 3.72. The van der Waals surface area contributed by atoms with Crippen LogP contribution in [0.2, 0.25) is 0 Å². The average molecular weight is 175 g/mol. The Morgan fingerprint density at radius 1 is 1.64 bits per heavy atom. The zero-order valence-electron chi connectivity index (χ0n) is 6.67. The largest absolute Gasteiger partial charge is 0.340 e. The average Bonchev–Trinajstić information content (AvgIpc) is 2.36. The Bertz CT molecular complexity index is 224. The molecule has 3 nitrogen and oxygen atoms in total. The van der Waals surface area contributed by atoms with Crippen LogP contribution in [0.25, 0.3) is 0 Å². The lowest BCUT2D eigenvalue weighted by molar-refractivity contribution is 0.386. The van der Waals surface area contributed by atoms with Crippen molar-refractivity contribution in [1.29, 1.82) is 0 Å². The van der Waals surface area contributed by atoms with Gasteiger partial charge in [-0.1, -0.05) is 18.5 Å². The van der Waals surface area contributed by atoms with Gasteiger partial charge in [0.15, 0.2) is 5.82 Å².